The summed E-state index contributed by atoms with van der Waals surface area (Å²) >= 11 is 12.9. The Balaban J connectivity index is 2.08. The number of anilines is 1. The Bertz CT molecular complexity index is 532. The molecule has 5 heteroatoms. The van der Waals surface area contributed by atoms with Crippen LogP contribution in [-0.2, 0) is 6.54 Å². The number of hydrogen-bond donors (Lipinski definition) is 1. The summed E-state index contributed by atoms with van der Waals surface area (Å²) in [5, 5.41) is 3.92. The molecule has 1 aromatic carbocycles. The van der Waals surface area contributed by atoms with Crippen molar-refractivity contribution in [3.63, 3.8) is 0 Å². The Morgan fingerprint density at radius 1 is 1.18 bits per heavy atom. The van der Waals surface area contributed by atoms with Gasteiger partial charge < -0.3 is 5.32 Å². The summed E-state index contributed by atoms with van der Waals surface area (Å²) in [4.78, 5) is 4.03. The summed E-state index contributed by atoms with van der Waals surface area (Å²) in [6.07, 6.45) is 3.39. The third-order valence-corrected chi connectivity index (χ3v) is 4.44. The Kier molecular flexibility index (Phi) is 4.42. The molecule has 0 saturated heterocycles. The van der Waals surface area contributed by atoms with Crippen LogP contribution in [0.2, 0.25) is 5.02 Å². The topological polar surface area (TPSA) is 24.9 Å². The summed E-state index contributed by atoms with van der Waals surface area (Å²) in [6.45, 7) is 0.706. The van der Waals surface area contributed by atoms with Gasteiger partial charge in [0.05, 0.1) is 16.9 Å². The van der Waals surface area contributed by atoms with E-state index >= 15 is 0 Å². The monoisotopic (exact) mass is 374 g/mol. The maximum atomic E-state index is 6.03. The van der Waals surface area contributed by atoms with Gasteiger partial charge in [-0.1, -0.05) is 17.7 Å². The van der Waals surface area contributed by atoms with Gasteiger partial charge in [-0.3, -0.25) is 4.98 Å². The van der Waals surface area contributed by atoms with Gasteiger partial charge in [-0.05, 0) is 55.6 Å². The van der Waals surface area contributed by atoms with Crippen LogP contribution < -0.4 is 5.32 Å². The fourth-order valence-electron chi connectivity index (χ4n) is 1.35. The van der Waals surface area contributed by atoms with Crippen LogP contribution in [-0.4, -0.2) is 4.98 Å². The van der Waals surface area contributed by atoms with Crippen molar-refractivity contribution in [3.05, 3.63) is 56.2 Å². The quantitative estimate of drug-likeness (QED) is 0.826. The lowest BCUT2D eigenvalue weighted by Gasteiger charge is -2.08. The lowest BCUT2D eigenvalue weighted by molar-refractivity contribution is 1.13. The molecular weight excluding hydrogens is 367 g/mol. The molecule has 0 bridgehead atoms. The van der Waals surface area contributed by atoms with E-state index in [1.165, 1.54) is 5.56 Å². The van der Waals surface area contributed by atoms with Crippen molar-refractivity contribution < 1.29 is 0 Å². The van der Waals surface area contributed by atoms with Crippen molar-refractivity contribution in [2.24, 2.45) is 0 Å². The third-order valence-electron chi connectivity index (χ3n) is 2.23. The Morgan fingerprint density at radius 3 is 2.71 bits per heavy atom. The van der Waals surface area contributed by atoms with Crippen molar-refractivity contribution in [2.75, 3.05) is 5.32 Å². The highest BCUT2D eigenvalue weighted by Gasteiger charge is 2.01. The van der Waals surface area contributed by atoms with Gasteiger partial charge in [0.15, 0.2) is 0 Å². The Hall–Kier alpha value is -0.580. The van der Waals surface area contributed by atoms with Crippen LogP contribution in [0.1, 0.15) is 5.56 Å². The van der Waals surface area contributed by atoms with Gasteiger partial charge in [0.25, 0.3) is 0 Å². The summed E-state index contributed by atoms with van der Waals surface area (Å²) in [6, 6.07) is 7.88. The minimum atomic E-state index is 0.677. The zero-order chi connectivity index (χ0) is 12.3. The maximum absolute atomic E-state index is 6.03. The fourth-order valence-corrected chi connectivity index (χ4v) is 2.20. The largest absolute Gasteiger partial charge is 0.379 e. The first kappa shape index (κ1) is 12.9. The number of halogens is 3. The van der Waals surface area contributed by atoms with E-state index in [1.807, 2.05) is 12.1 Å². The first-order valence-corrected chi connectivity index (χ1v) is 6.90. The van der Waals surface area contributed by atoms with E-state index in [2.05, 4.69) is 48.2 Å². The SMILES string of the molecule is Clc1ccncc1NCc1ccc(Br)c(Br)c1. The third kappa shape index (κ3) is 3.44. The zero-order valence-corrected chi connectivity index (χ0v) is 12.7. The van der Waals surface area contributed by atoms with Crippen molar-refractivity contribution in [1.29, 1.82) is 0 Å². The van der Waals surface area contributed by atoms with E-state index in [0.717, 1.165) is 14.6 Å². The zero-order valence-electron chi connectivity index (χ0n) is 8.75. The van der Waals surface area contributed by atoms with E-state index in [4.69, 9.17) is 11.6 Å². The number of rotatable bonds is 3. The highest BCUT2D eigenvalue weighted by Crippen LogP contribution is 2.25. The van der Waals surface area contributed by atoms with Gasteiger partial charge >= 0.3 is 0 Å². The molecular formula is C12H9Br2ClN2. The van der Waals surface area contributed by atoms with Crippen molar-refractivity contribution >= 4 is 49.1 Å². The molecule has 0 aliphatic rings. The van der Waals surface area contributed by atoms with Crippen LogP contribution in [0.4, 0.5) is 5.69 Å². The second-order valence-corrected chi connectivity index (χ2v) is 5.57. The number of pyridine rings is 1. The molecule has 0 atom stereocenters. The standard InChI is InChI=1S/C12H9Br2ClN2/c13-9-2-1-8(5-10(9)14)6-17-12-7-16-4-3-11(12)15/h1-5,7,17H,6H2. The number of hydrogen-bond acceptors (Lipinski definition) is 2. The van der Waals surface area contributed by atoms with Gasteiger partial charge in [-0.15, -0.1) is 0 Å². The molecule has 1 N–H and O–H groups in total. The normalized spacial score (nSPS) is 10.3. The fraction of sp³-hybridized carbons (Fsp3) is 0.0833. The van der Waals surface area contributed by atoms with Crippen molar-refractivity contribution in [2.45, 2.75) is 6.54 Å². The number of nitrogens with zero attached hydrogens (tertiary/aromatic N) is 1. The molecule has 0 saturated carbocycles. The number of benzene rings is 1. The molecule has 0 spiro atoms. The second-order valence-electron chi connectivity index (χ2n) is 3.46. The molecule has 1 aromatic heterocycles. The van der Waals surface area contributed by atoms with E-state index in [1.54, 1.807) is 18.5 Å². The second kappa shape index (κ2) is 5.85. The smallest absolute Gasteiger partial charge is 0.0718 e. The summed E-state index contributed by atoms with van der Waals surface area (Å²) < 4.78 is 2.08. The van der Waals surface area contributed by atoms with Gasteiger partial charge in [0.2, 0.25) is 0 Å². The van der Waals surface area contributed by atoms with E-state index in [9.17, 15) is 0 Å². The predicted molar refractivity (Wildman–Crippen MR) is 78.4 cm³/mol. The van der Waals surface area contributed by atoms with E-state index in [0.29, 0.717) is 11.6 Å². The first-order chi connectivity index (χ1) is 8.16. The van der Waals surface area contributed by atoms with E-state index in [-0.39, 0.29) is 0 Å². The average Bonchev–Trinajstić information content (AvgIpc) is 2.32. The van der Waals surface area contributed by atoms with Gasteiger partial charge in [-0.25, -0.2) is 0 Å². The predicted octanol–water partition coefficient (Wildman–Crippen LogP) is 4.87. The van der Waals surface area contributed by atoms with Gasteiger partial charge in [0, 0.05) is 21.7 Å². The molecule has 0 radical (unpaired) electrons. The van der Waals surface area contributed by atoms with Crippen molar-refractivity contribution in [3.8, 4) is 0 Å². The lowest BCUT2D eigenvalue weighted by atomic mass is 10.2. The first-order valence-electron chi connectivity index (χ1n) is 4.94. The summed E-state index contributed by atoms with van der Waals surface area (Å²) in [5.74, 6) is 0. The highest BCUT2D eigenvalue weighted by molar-refractivity contribution is 9.13. The Morgan fingerprint density at radius 2 is 2.00 bits per heavy atom. The summed E-state index contributed by atoms with van der Waals surface area (Å²) in [7, 11) is 0. The van der Waals surface area contributed by atoms with Gasteiger partial charge in [-0.2, -0.15) is 0 Å². The van der Waals surface area contributed by atoms with Gasteiger partial charge in [0.1, 0.15) is 0 Å². The van der Waals surface area contributed by atoms with Crippen LogP contribution >= 0.6 is 43.5 Å². The average molecular weight is 376 g/mol. The molecule has 0 fully saturated rings. The molecule has 0 aliphatic heterocycles. The molecule has 0 unspecified atom stereocenters. The molecule has 88 valence electrons. The molecule has 2 nitrogen and oxygen atoms in total. The summed E-state index contributed by atoms with van der Waals surface area (Å²) in [5.41, 5.74) is 2.01. The van der Waals surface area contributed by atoms with Crippen LogP contribution in [0, 0.1) is 0 Å². The van der Waals surface area contributed by atoms with E-state index < -0.39 is 0 Å². The molecule has 0 aliphatic carbocycles. The minimum Gasteiger partial charge on any atom is -0.379 e. The highest BCUT2D eigenvalue weighted by atomic mass is 79.9. The molecule has 2 rings (SSSR count). The van der Waals surface area contributed by atoms with Crippen LogP contribution in [0.3, 0.4) is 0 Å². The van der Waals surface area contributed by atoms with Crippen LogP contribution in [0.5, 0.6) is 0 Å². The molecule has 2 aromatic rings. The minimum absolute atomic E-state index is 0.677. The van der Waals surface area contributed by atoms with Crippen LogP contribution in [0.15, 0.2) is 45.6 Å². The van der Waals surface area contributed by atoms with Crippen LogP contribution in [0.25, 0.3) is 0 Å². The molecule has 17 heavy (non-hydrogen) atoms. The number of nitrogens with one attached hydrogen (secondary N) is 1. The molecule has 1 heterocycles. The Labute approximate surface area is 122 Å². The number of aromatic nitrogens is 1. The molecule has 0 amide bonds. The van der Waals surface area contributed by atoms with Crippen molar-refractivity contribution in [1.82, 2.24) is 4.98 Å². The lowest BCUT2D eigenvalue weighted by Crippen LogP contribution is -2.00. The maximum Gasteiger partial charge on any atom is 0.0718 e.